The summed E-state index contributed by atoms with van der Waals surface area (Å²) in [6.45, 7) is 0. The van der Waals surface area contributed by atoms with Crippen molar-refractivity contribution in [3.05, 3.63) is 35.4 Å². The first kappa shape index (κ1) is 13.7. The fourth-order valence-corrected chi connectivity index (χ4v) is 0.981. The highest BCUT2D eigenvalue weighted by atomic mass is 35.5. The van der Waals surface area contributed by atoms with Crippen molar-refractivity contribution in [2.45, 2.75) is 0 Å². The van der Waals surface area contributed by atoms with Gasteiger partial charge in [0.1, 0.15) is 0 Å². The number of hydrogen-bond acceptors (Lipinski definition) is 3. The van der Waals surface area contributed by atoms with Gasteiger partial charge < -0.3 is 9.84 Å². The molecule has 15 heavy (non-hydrogen) atoms. The molecule has 1 aromatic carbocycles. The highest BCUT2D eigenvalue weighted by molar-refractivity contribution is 6.17. The van der Waals surface area contributed by atoms with E-state index >= 15 is 0 Å². The number of aromatic carboxylic acids is 1. The fourth-order valence-electron chi connectivity index (χ4n) is 0.882. The largest absolute Gasteiger partial charge is 0.478 e. The lowest BCUT2D eigenvalue weighted by Gasteiger charge is -2.00. The smallest absolute Gasteiger partial charge is 0.339 e. The first-order chi connectivity index (χ1) is 6.65. The van der Waals surface area contributed by atoms with Crippen LogP contribution in [0.15, 0.2) is 24.3 Å². The molecule has 0 spiro atoms. The highest BCUT2D eigenvalue weighted by Gasteiger charge is 2.07. The van der Waals surface area contributed by atoms with E-state index in [0.717, 1.165) is 0 Å². The second kappa shape index (κ2) is 6.27. The monoisotopic (exact) mass is 250 g/mol. The minimum Gasteiger partial charge on any atom is -0.478 e. The molecule has 4 nitrogen and oxygen atoms in total. The van der Waals surface area contributed by atoms with Crippen LogP contribution in [0.3, 0.4) is 0 Å². The van der Waals surface area contributed by atoms with Crippen molar-refractivity contribution < 1.29 is 19.4 Å². The van der Waals surface area contributed by atoms with E-state index in [1.54, 1.807) is 0 Å². The van der Waals surface area contributed by atoms with Crippen molar-refractivity contribution in [2.24, 2.45) is 0 Å². The number of carboxylic acid groups (broad SMARTS) is 1. The summed E-state index contributed by atoms with van der Waals surface area (Å²) in [5, 5.41) is 8.58. The van der Waals surface area contributed by atoms with Gasteiger partial charge in [0.15, 0.2) is 6.07 Å². The molecule has 0 aliphatic carbocycles. The first-order valence-electron chi connectivity index (χ1n) is 3.71. The Labute approximate surface area is 97.2 Å². The standard InChI is InChI=1S/C9H7ClO4.ClH/c10-5-14-9(13)7-3-1-6(2-4-7)8(11)12;/h1-4H,5H2,(H,11,12);1H. The number of alkyl halides is 1. The Morgan fingerprint density at radius 1 is 1.20 bits per heavy atom. The van der Waals surface area contributed by atoms with Gasteiger partial charge in [-0.05, 0) is 24.3 Å². The van der Waals surface area contributed by atoms with E-state index in [1.165, 1.54) is 24.3 Å². The van der Waals surface area contributed by atoms with Crippen molar-refractivity contribution in [1.82, 2.24) is 0 Å². The van der Waals surface area contributed by atoms with Gasteiger partial charge in [0, 0.05) is 0 Å². The Hall–Kier alpha value is -1.26. The van der Waals surface area contributed by atoms with Gasteiger partial charge in [-0.1, -0.05) is 11.6 Å². The summed E-state index contributed by atoms with van der Waals surface area (Å²) in [4.78, 5) is 21.5. The molecule has 1 N–H and O–H groups in total. The zero-order chi connectivity index (χ0) is 10.6. The average Bonchev–Trinajstić information content (AvgIpc) is 2.18. The van der Waals surface area contributed by atoms with E-state index in [1.807, 2.05) is 0 Å². The minimum absolute atomic E-state index is 0. The number of carbonyl (C=O) groups excluding carboxylic acids is 1. The Balaban J connectivity index is 0.00000196. The number of hydrogen-bond donors (Lipinski definition) is 1. The summed E-state index contributed by atoms with van der Waals surface area (Å²) < 4.78 is 4.51. The third kappa shape index (κ3) is 3.77. The van der Waals surface area contributed by atoms with E-state index in [-0.39, 0.29) is 29.6 Å². The Morgan fingerprint density at radius 3 is 2.07 bits per heavy atom. The van der Waals surface area contributed by atoms with Crippen LogP contribution >= 0.6 is 24.0 Å². The number of halogens is 2. The van der Waals surface area contributed by atoms with Crippen LogP contribution in [0.4, 0.5) is 0 Å². The predicted octanol–water partition coefficient (Wildman–Crippen LogP) is 2.16. The molecule has 0 radical (unpaired) electrons. The van der Waals surface area contributed by atoms with Crippen molar-refractivity contribution in [1.29, 1.82) is 0 Å². The van der Waals surface area contributed by atoms with Crippen LogP contribution in [-0.4, -0.2) is 23.1 Å². The predicted molar refractivity (Wildman–Crippen MR) is 56.8 cm³/mol. The summed E-state index contributed by atoms with van der Waals surface area (Å²) in [6.07, 6.45) is 0. The Bertz CT molecular complexity index is 348. The molecule has 0 saturated carbocycles. The molecular weight excluding hydrogens is 243 g/mol. The van der Waals surface area contributed by atoms with Crippen LogP contribution in [0.5, 0.6) is 0 Å². The molecule has 0 aromatic heterocycles. The topological polar surface area (TPSA) is 63.6 Å². The van der Waals surface area contributed by atoms with Crippen molar-refractivity contribution >= 4 is 35.9 Å². The third-order valence-electron chi connectivity index (χ3n) is 1.55. The molecule has 0 saturated heterocycles. The van der Waals surface area contributed by atoms with Gasteiger partial charge in [-0.25, -0.2) is 9.59 Å². The molecule has 82 valence electrons. The van der Waals surface area contributed by atoms with Crippen molar-refractivity contribution in [3.8, 4) is 0 Å². The van der Waals surface area contributed by atoms with Gasteiger partial charge in [0.25, 0.3) is 0 Å². The maximum Gasteiger partial charge on any atom is 0.339 e. The van der Waals surface area contributed by atoms with Gasteiger partial charge >= 0.3 is 11.9 Å². The van der Waals surface area contributed by atoms with Crippen molar-refractivity contribution in [3.63, 3.8) is 0 Å². The van der Waals surface area contributed by atoms with Gasteiger partial charge in [-0.15, -0.1) is 12.4 Å². The maximum atomic E-state index is 11.1. The van der Waals surface area contributed by atoms with E-state index in [0.29, 0.717) is 0 Å². The van der Waals surface area contributed by atoms with Gasteiger partial charge in [-0.3, -0.25) is 0 Å². The number of ether oxygens (including phenoxy) is 1. The second-order valence-corrected chi connectivity index (χ2v) is 2.64. The highest BCUT2D eigenvalue weighted by Crippen LogP contribution is 2.06. The Kier molecular flexibility index (Phi) is 5.74. The van der Waals surface area contributed by atoms with E-state index in [2.05, 4.69) is 4.74 Å². The fraction of sp³-hybridized carbons (Fsp3) is 0.111. The number of esters is 1. The zero-order valence-electron chi connectivity index (χ0n) is 7.47. The maximum absolute atomic E-state index is 11.1. The normalized spacial score (nSPS) is 8.87. The van der Waals surface area contributed by atoms with Crippen LogP contribution < -0.4 is 0 Å². The van der Waals surface area contributed by atoms with Crippen LogP contribution in [-0.2, 0) is 4.74 Å². The van der Waals surface area contributed by atoms with Gasteiger partial charge in [0.2, 0.25) is 0 Å². The van der Waals surface area contributed by atoms with Crippen LogP contribution in [0.25, 0.3) is 0 Å². The lowest BCUT2D eigenvalue weighted by Crippen LogP contribution is -2.04. The van der Waals surface area contributed by atoms with E-state index in [9.17, 15) is 9.59 Å². The molecule has 0 aliphatic heterocycles. The summed E-state index contributed by atoms with van der Waals surface area (Å²) in [6, 6.07) is 5.18. The lowest BCUT2D eigenvalue weighted by atomic mass is 10.1. The molecule has 0 bridgehead atoms. The third-order valence-corrected chi connectivity index (χ3v) is 1.66. The molecule has 0 fully saturated rings. The van der Waals surface area contributed by atoms with E-state index < -0.39 is 11.9 Å². The van der Waals surface area contributed by atoms with Crippen molar-refractivity contribution in [2.75, 3.05) is 6.07 Å². The number of carbonyl (C=O) groups is 2. The van der Waals surface area contributed by atoms with Crippen LogP contribution in [0.2, 0.25) is 0 Å². The zero-order valence-corrected chi connectivity index (χ0v) is 9.05. The molecular formula is C9H8Cl2O4. The average molecular weight is 251 g/mol. The molecule has 1 rings (SSSR count). The summed E-state index contributed by atoms with van der Waals surface area (Å²) in [5.74, 6) is -1.61. The number of benzene rings is 1. The molecule has 1 aromatic rings. The molecule has 0 heterocycles. The minimum atomic E-state index is -1.04. The van der Waals surface area contributed by atoms with Gasteiger partial charge in [0.05, 0.1) is 11.1 Å². The number of rotatable bonds is 3. The van der Waals surface area contributed by atoms with Crippen LogP contribution in [0.1, 0.15) is 20.7 Å². The Morgan fingerprint density at radius 2 is 1.67 bits per heavy atom. The molecule has 0 atom stereocenters. The SMILES string of the molecule is Cl.O=C(O)c1ccc(C(=O)OCCl)cc1. The molecule has 6 heteroatoms. The summed E-state index contributed by atoms with van der Waals surface area (Å²) >= 11 is 5.19. The number of carboxylic acids is 1. The summed E-state index contributed by atoms with van der Waals surface area (Å²) in [5.41, 5.74) is 0.392. The first-order valence-corrected chi connectivity index (χ1v) is 4.25. The molecule has 0 aliphatic rings. The summed E-state index contributed by atoms with van der Waals surface area (Å²) in [7, 11) is 0. The quantitative estimate of drug-likeness (QED) is 0.660. The lowest BCUT2D eigenvalue weighted by molar-refractivity contribution is 0.0572. The van der Waals surface area contributed by atoms with E-state index in [4.69, 9.17) is 16.7 Å². The second-order valence-electron chi connectivity index (χ2n) is 2.42. The van der Waals surface area contributed by atoms with Crippen LogP contribution in [0, 0.1) is 0 Å². The molecule has 0 amide bonds. The van der Waals surface area contributed by atoms with Gasteiger partial charge in [-0.2, -0.15) is 0 Å². The molecule has 0 unspecified atom stereocenters.